The summed E-state index contributed by atoms with van der Waals surface area (Å²) in [6.45, 7) is 4.15. The van der Waals surface area contributed by atoms with Crippen LogP contribution in [-0.4, -0.2) is 40.5 Å². The van der Waals surface area contributed by atoms with E-state index in [4.69, 9.17) is 4.74 Å². The number of rotatable bonds is 9. The van der Waals surface area contributed by atoms with Crippen LogP contribution in [0.5, 0.6) is 0 Å². The van der Waals surface area contributed by atoms with Gasteiger partial charge in [-0.15, -0.1) is 11.3 Å². The number of amides is 1. The van der Waals surface area contributed by atoms with Crippen molar-refractivity contribution >= 4 is 40.1 Å². The van der Waals surface area contributed by atoms with E-state index in [1.807, 2.05) is 35.3 Å². The highest BCUT2D eigenvalue weighted by Gasteiger charge is 2.24. The van der Waals surface area contributed by atoms with Crippen LogP contribution >= 0.6 is 23.1 Å². The summed E-state index contributed by atoms with van der Waals surface area (Å²) in [5.74, 6) is 0.648. The van der Waals surface area contributed by atoms with Crippen LogP contribution < -0.4 is 5.32 Å². The molecule has 2 rings (SSSR count). The molecule has 26 heavy (non-hydrogen) atoms. The number of ether oxygens (including phenoxy) is 1. The van der Waals surface area contributed by atoms with Gasteiger partial charge in [0.15, 0.2) is 10.8 Å². The Morgan fingerprint density at radius 3 is 2.62 bits per heavy atom. The monoisotopic (exact) mass is 395 g/mol. The van der Waals surface area contributed by atoms with Crippen LogP contribution in [0, 0.1) is 5.92 Å². The quantitative estimate of drug-likeness (QED) is 0.653. The zero-order valence-electron chi connectivity index (χ0n) is 15.5. The van der Waals surface area contributed by atoms with Gasteiger partial charge < -0.3 is 14.6 Å². The molecule has 1 unspecified atom stereocenters. The molecule has 0 aliphatic carbocycles. The highest BCUT2D eigenvalue weighted by molar-refractivity contribution is 7.98. The first kappa shape index (κ1) is 20.5. The Labute approximate surface area is 162 Å². The van der Waals surface area contributed by atoms with Crippen molar-refractivity contribution in [3.8, 4) is 0 Å². The van der Waals surface area contributed by atoms with Gasteiger partial charge in [0.05, 0.1) is 7.11 Å². The minimum atomic E-state index is -0.471. The van der Waals surface area contributed by atoms with E-state index in [9.17, 15) is 9.59 Å². The van der Waals surface area contributed by atoms with Crippen molar-refractivity contribution in [1.29, 1.82) is 0 Å². The molecule has 1 atom stereocenters. The van der Waals surface area contributed by atoms with Gasteiger partial charge in [0.1, 0.15) is 6.04 Å². The lowest BCUT2D eigenvalue weighted by Gasteiger charge is -2.17. The summed E-state index contributed by atoms with van der Waals surface area (Å²) in [6, 6.07) is 3.49. The van der Waals surface area contributed by atoms with Gasteiger partial charge in [-0.1, -0.05) is 13.8 Å². The molecule has 0 saturated heterocycles. The minimum Gasteiger partial charge on any atom is -0.464 e. The van der Waals surface area contributed by atoms with Crippen LogP contribution in [0.2, 0.25) is 0 Å². The average molecular weight is 396 g/mol. The number of carbonyl (C=O) groups is 2. The summed E-state index contributed by atoms with van der Waals surface area (Å²) in [5, 5.41) is 3.32. The van der Waals surface area contributed by atoms with E-state index >= 15 is 0 Å². The molecule has 0 bridgehead atoms. The number of aromatic nitrogens is 2. The highest BCUT2D eigenvalue weighted by Crippen LogP contribution is 2.27. The molecule has 2 aromatic heterocycles. The lowest BCUT2D eigenvalue weighted by molar-refractivity contribution is -0.119. The lowest BCUT2D eigenvalue weighted by Crippen LogP contribution is -2.26. The van der Waals surface area contributed by atoms with Crippen LogP contribution in [0.15, 0.2) is 24.5 Å². The lowest BCUT2D eigenvalue weighted by atomic mass is 10.1. The molecule has 2 heterocycles. The maximum atomic E-state index is 12.8. The van der Waals surface area contributed by atoms with Gasteiger partial charge in [0.25, 0.3) is 0 Å². The highest BCUT2D eigenvalue weighted by atomic mass is 32.2. The van der Waals surface area contributed by atoms with Crippen molar-refractivity contribution in [2.75, 3.05) is 24.4 Å². The van der Waals surface area contributed by atoms with E-state index < -0.39 is 5.97 Å². The van der Waals surface area contributed by atoms with Gasteiger partial charge in [0.2, 0.25) is 5.91 Å². The van der Waals surface area contributed by atoms with Crippen molar-refractivity contribution in [3.63, 3.8) is 0 Å². The number of esters is 1. The second kappa shape index (κ2) is 9.78. The number of hydrogen-bond acceptors (Lipinski definition) is 6. The van der Waals surface area contributed by atoms with Gasteiger partial charge in [-0.05, 0) is 42.9 Å². The zero-order chi connectivity index (χ0) is 19.1. The fraction of sp³-hybridized carbons (Fsp3) is 0.500. The Balaban J connectivity index is 2.20. The van der Waals surface area contributed by atoms with Gasteiger partial charge in [-0.3, -0.25) is 4.79 Å². The molecule has 1 amide bonds. The van der Waals surface area contributed by atoms with Crippen LogP contribution in [-0.2, 0) is 16.0 Å². The third kappa shape index (κ3) is 5.35. The Bertz CT molecular complexity index is 726. The summed E-state index contributed by atoms with van der Waals surface area (Å²) in [5.41, 5.74) is 0.295. The number of carbonyl (C=O) groups excluding carboxylic acids is 2. The molecule has 2 aromatic rings. The van der Waals surface area contributed by atoms with E-state index in [0.29, 0.717) is 23.2 Å². The van der Waals surface area contributed by atoms with E-state index in [2.05, 4.69) is 24.1 Å². The fourth-order valence-corrected chi connectivity index (χ4v) is 4.18. The fourth-order valence-electron chi connectivity index (χ4n) is 2.56. The number of nitrogens with zero attached hydrogens (tertiary/aromatic N) is 2. The molecule has 6 nitrogen and oxygen atoms in total. The largest absolute Gasteiger partial charge is 0.464 e. The average Bonchev–Trinajstić information content (AvgIpc) is 3.24. The summed E-state index contributed by atoms with van der Waals surface area (Å²) >= 11 is 3.04. The Morgan fingerprint density at radius 2 is 2.04 bits per heavy atom. The summed E-state index contributed by atoms with van der Waals surface area (Å²) in [4.78, 5) is 29.9. The van der Waals surface area contributed by atoms with E-state index in [1.165, 1.54) is 18.4 Å². The Morgan fingerprint density at radius 1 is 1.35 bits per heavy atom. The number of nitrogens with one attached hydrogen (secondary N) is 1. The van der Waals surface area contributed by atoms with Crippen molar-refractivity contribution in [2.24, 2.45) is 5.92 Å². The SMILES string of the molecule is COC(=O)c1nc(NC(=O)C(CCSC)n2cccc2)sc1CC(C)C. The zero-order valence-corrected chi connectivity index (χ0v) is 17.2. The molecular formula is C18H25N3O3S2. The van der Waals surface area contributed by atoms with E-state index in [0.717, 1.165) is 17.1 Å². The maximum absolute atomic E-state index is 12.8. The smallest absolute Gasteiger partial charge is 0.357 e. The topological polar surface area (TPSA) is 73.2 Å². The predicted molar refractivity (Wildman–Crippen MR) is 107 cm³/mol. The molecule has 0 aliphatic heterocycles. The number of anilines is 1. The van der Waals surface area contributed by atoms with Crippen LogP contribution in [0.1, 0.15) is 41.7 Å². The number of hydrogen-bond donors (Lipinski definition) is 1. The molecule has 0 fully saturated rings. The first-order valence-electron chi connectivity index (χ1n) is 8.46. The molecule has 1 N–H and O–H groups in total. The molecule has 0 radical (unpaired) electrons. The third-order valence-electron chi connectivity index (χ3n) is 3.79. The summed E-state index contributed by atoms with van der Waals surface area (Å²) in [7, 11) is 1.34. The third-order valence-corrected chi connectivity index (χ3v) is 5.42. The molecule has 0 aromatic carbocycles. The second-order valence-corrected chi connectivity index (χ2v) is 8.37. The molecule has 8 heteroatoms. The first-order valence-corrected chi connectivity index (χ1v) is 10.7. The van der Waals surface area contributed by atoms with Crippen LogP contribution in [0.4, 0.5) is 5.13 Å². The van der Waals surface area contributed by atoms with Gasteiger partial charge in [-0.25, -0.2) is 9.78 Å². The Hall–Kier alpha value is -1.80. The van der Waals surface area contributed by atoms with Gasteiger partial charge in [0, 0.05) is 17.3 Å². The molecular weight excluding hydrogens is 370 g/mol. The van der Waals surface area contributed by atoms with Crippen molar-refractivity contribution in [1.82, 2.24) is 9.55 Å². The normalized spacial score (nSPS) is 12.2. The first-order chi connectivity index (χ1) is 12.5. The Kier molecular flexibility index (Phi) is 7.71. The van der Waals surface area contributed by atoms with Crippen LogP contribution in [0.3, 0.4) is 0 Å². The molecule has 0 saturated carbocycles. The number of methoxy groups -OCH3 is 1. The van der Waals surface area contributed by atoms with Crippen molar-refractivity contribution < 1.29 is 14.3 Å². The number of thioether (sulfide) groups is 1. The maximum Gasteiger partial charge on any atom is 0.357 e. The van der Waals surface area contributed by atoms with Crippen LogP contribution in [0.25, 0.3) is 0 Å². The summed E-state index contributed by atoms with van der Waals surface area (Å²) in [6.07, 6.45) is 7.22. The molecule has 142 valence electrons. The van der Waals surface area contributed by atoms with Crippen molar-refractivity contribution in [2.45, 2.75) is 32.7 Å². The predicted octanol–water partition coefficient (Wildman–Crippen LogP) is 3.86. The van der Waals surface area contributed by atoms with Gasteiger partial charge >= 0.3 is 5.97 Å². The summed E-state index contributed by atoms with van der Waals surface area (Å²) < 4.78 is 6.72. The van der Waals surface area contributed by atoms with Gasteiger partial charge in [-0.2, -0.15) is 11.8 Å². The molecule has 0 aliphatic rings. The standard InChI is InChI=1S/C18H25N3O3S2/c1-12(2)11-14-15(17(23)24-3)19-18(26-14)20-16(22)13(7-10-25-4)21-8-5-6-9-21/h5-6,8-9,12-13H,7,10-11H2,1-4H3,(H,19,20,22). The second-order valence-electron chi connectivity index (χ2n) is 6.30. The minimum absolute atomic E-state index is 0.128. The van der Waals surface area contributed by atoms with Crippen molar-refractivity contribution in [3.05, 3.63) is 35.1 Å². The number of thiazole rings is 1. The van der Waals surface area contributed by atoms with E-state index in [1.54, 1.807) is 11.8 Å². The van der Waals surface area contributed by atoms with E-state index in [-0.39, 0.29) is 11.9 Å². The molecule has 0 spiro atoms.